The van der Waals surface area contributed by atoms with E-state index in [-0.39, 0.29) is 5.75 Å². The first-order valence-corrected chi connectivity index (χ1v) is 9.02. The Kier molecular flexibility index (Phi) is 5.07. The van der Waals surface area contributed by atoms with Crippen molar-refractivity contribution in [2.45, 2.75) is 0 Å². The Balaban J connectivity index is 1.93. The van der Waals surface area contributed by atoms with Gasteiger partial charge in [0, 0.05) is 5.56 Å². The summed E-state index contributed by atoms with van der Waals surface area (Å²) in [5.74, 6) is 2.83. The summed E-state index contributed by atoms with van der Waals surface area (Å²) in [4.78, 5) is 13.9. The summed E-state index contributed by atoms with van der Waals surface area (Å²) in [6, 6.07) is 22.0. The molecule has 144 valence electrons. The van der Waals surface area contributed by atoms with Crippen molar-refractivity contribution in [1.82, 2.24) is 15.0 Å². The van der Waals surface area contributed by atoms with Crippen molar-refractivity contribution in [1.29, 1.82) is 0 Å². The van der Waals surface area contributed by atoms with Crippen molar-refractivity contribution in [3.05, 3.63) is 72.8 Å². The Morgan fingerprint density at radius 1 is 0.621 bits per heavy atom. The Labute approximate surface area is 168 Å². The highest BCUT2D eigenvalue weighted by molar-refractivity contribution is 5.71. The van der Waals surface area contributed by atoms with Crippen LogP contribution in [0.25, 0.3) is 34.2 Å². The lowest BCUT2D eigenvalue weighted by atomic mass is 10.1. The average molecular weight is 385 g/mol. The summed E-state index contributed by atoms with van der Waals surface area (Å²) in [6.45, 7) is 0. The minimum Gasteiger partial charge on any atom is -0.507 e. The lowest BCUT2D eigenvalue weighted by Gasteiger charge is -2.11. The topological polar surface area (TPSA) is 77.4 Å². The fourth-order valence-corrected chi connectivity index (χ4v) is 2.98. The first-order valence-electron chi connectivity index (χ1n) is 9.02. The fourth-order valence-electron chi connectivity index (χ4n) is 2.98. The highest BCUT2D eigenvalue weighted by atomic mass is 16.5. The van der Waals surface area contributed by atoms with Crippen molar-refractivity contribution in [3.63, 3.8) is 0 Å². The number of para-hydroxylation sites is 2. The number of phenolic OH excluding ortho intramolecular Hbond substituents is 1. The van der Waals surface area contributed by atoms with E-state index in [4.69, 9.17) is 9.47 Å². The van der Waals surface area contributed by atoms with Crippen LogP contribution in [0.15, 0.2) is 72.8 Å². The highest BCUT2D eigenvalue weighted by Gasteiger charge is 2.16. The van der Waals surface area contributed by atoms with Gasteiger partial charge in [-0.15, -0.1) is 0 Å². The first-order chi connectivity index (χ1) is 14.2. The van der Waals surface area contributed by atoms with Gasteiger partial charge in [0.25, 0.3) is 0 Å². The van der Waals surface area contributed by atoms with Crippen LogP contribution >= 0.6 is 0 Å². The Morgan fingerprint density at radius 3 is 1.86 bits per heavy atom. The molecule has 0 radical (unpaired) electrons. The second-order valence-corrected chi connectivity index (χ2v) is 6.25. The largest absolute Gasteiger partial charge is 0.507 e. The summed E-state index contributed by atoms with van der Waals surface area (Å²) in [5, 5.41) is 10.3. The van der Waals surface area contributed by atoms with Crippen molar-refractivity contribution in [2.24, 2.45) is 0 Å². The van der Waals surface area contributed by atoms with E-state index >= 15 is 0 Å². The summed E-state index contributed by atoms with van der Waals surface area (Å²) < 4.78 is 10.7. The van der Waals surface area contributed by atoms with Crippen LogP contribution in [0.2, 0.25) is 0 Å². The molecule has 1 aromatic heterocycles. The number of aromatic nitrogens is 3. The maximum atomic E-state index is 10.3. The van der Waals surface area contributed by atoms with Gasteiger partial charge in [0.1, 0.15) is 17.2 Å². The van der Waals surface area contributed by atoms with Crippen LogP contribution in [0, 0.1) is 0 Å². The summed E-state index contributed by atoms with van der Waals surface area (Å²) in [6.07, 6.45) is 0. The van der Waals surface area contributed by atoms with Crippen molar-refractivity contribution >= 4 is 0 Å². The zero-order valence-corrected chi connectivity index (χ0v) is 16.0. The van der Waals surface area contributed by atoms with E-state index in [1.54, 1.807) is 32.4 Å². The quantitative estimate of drug-likeness (QED) is 0.541. The van der Waals surface area contributed by atoms with E-state index < -0.39 is 0 Å². The normalized spacial score (nSPS) is 10.6. The molecular weight excluding hydrogens is 366 g/mol. The molecule has 0 saturated carbocycles. The predicted octanol–water partition coefficient (Wildman–Crippen LogP) is 4.60. The first kappa shape index (κ1) is 18.4. The van der Waals surface area contributed by atoms with Crippen LogP contribution < -0.4 is 9.47 Å². The minimum atomic E-state index is 0.102. The standard InChI is InChI=1S/C23H19N3O3/c1-28-16-13-11-15(12-14-16)21-24-22(17-7-3-5-9-19(17)27)26-23(25-21)18-8-4-6-10-20(18)29-2/h3-14,27H,1-2H3. The molecule has 3 aromatic carbocycles. The third-order valence-electron chi connectivity index (χ3n) is 4.48. The number of phenols is 1. The van der Waals surface area contributed by atoms with Crippen molar-refractivity contribution < 1.29 is 14.6 Å². The number of aromatic hydroxyl groups is 1. The Hall–Kier alpha value is -3.93. The molecule has 1 heterocycles. The molecule has 29 heavy (non-hydrogen) atoms. The number of rotatable bonds is 5. The van der Waals surface area contributed by atoms with Gasteiger partial charge in [-0.25, -0.2) is 15.0 Å². The van der Waals surface area contributed by atoms with Gasteiger partial charge >= 0.3 is 0 Å². The molecule has 4 rings (SSSR count). The van der Waals surface area contributed by atoms with Gasteiger partial charge in [-0.3, -0.25) is 0 Å². The molecule has 0 bridgehead atoms. The van der Waals surface area contributed by atoms with Crippen LogP contribution in [0.5, 0.6) is 17.2 Å². The molecule has 4 aromatic rings. The molecule has 0 aliphatic carbocycles. The van der Waals surface area contributed by atoms with Crippen LogP contribution in [-0.4, -0.2) is 34.3 Å². The maximum absolute atomic E-state index is 10.3. The van der Waals surface area contributed by atoms with E-state index in [0.717, 1.165) is 16.9 Å². The number of hydrogen-bond acceptors (Lipinski definition) is 6. The van der Waals surface area contributed by atoms with Crippen molar-refractivity contribution in [2.75, 3.05) is 14.2 Å². The minimum absolute atomic E-state index is 0.102. The SMILES string of the molecule is COc1ccc(-c2nc(-c3ccccc3O)nc(-c3ccccc3OC)n2)cc1. The molecular formula is C23H19N3O3. The molecule has 0 aliphatic rings. The Morgan fingerprint density at radius 2 is 1.21 bits per heavy atom. The third-order valence-corrected chi connectivity index (χ3v) is 4.48. The van der Waals surface area contributed by atoms with E-state index in [9.17, 15) is 5.11 Å². The van der Waals surface area contributed by atoms with Gasteiger partial charge in [0.05, 0.1) is 25.3 Å². The number of hydrogen-bond donors (Lipinski definition) is 1. The van der Waals surface area contributed by atoms with Gasteiger partial charge < -0.3 is 14.6 Å². The summed E-state index contributed by atoms with van der Waals surface area (Å²) in [5.41, 5.74) is 2.07. The van der Waals surface area contributed by atoms with E-state index in [0.29, 0.717) is 28.8 Å². The molecule has 0 amide bonds. The predicted molar refractivity (Wildman–Crippen MR) is 111 cm³/mol. The molecule has 0 atom stereocenters. The van der Waals surface area contributed by atoms with Gasteiger partial charge in [0.2, 0.25) is 0 Å². The molecule has 0 fully saturated rings. The molecule has 0 saturated heterocycles. The van der Waals surface area contributed by atoms with Crippen LogP contribution in [0.1, 0.15) is 0 Å². The second kappa shape index (κ2) is 7.98. The summed E-state index contributed by atoms with van der Waals surface area (Å²) in [7, 11) is 3.22. The smallest absolute Gasteiger partial charge is 0.167 e. The lowest BCUT2D eigenvalue weighted by Crippen LogP contribution is -2.01. The number of benzene rings is 3. The molecule has 0 unspecified atom stereocenters. The van der Waals surface area contributed by atoms with E-state index in [1.165, 1.54) is 0 Å². The van der Waals surface area contributed by atoms with Gasteiger partial charge in [-0.2, -0.15) is 0 Å². The van der Waals surface area contributed by atoms with Crippen LogP contribution in [0.4, 0.5) is 0 Å². The van der Waals surface area contributed by atoms with Crippen LogP contribution in [-0.2, 0) is 0 Å². The number of methoxy groups -OCH3 is 2. The van der Waals surface area contributed by atoms with Crippen molar-refractivity contribution in [3.8, 4) is 51.4 Å². The van der Waals surface area contributed by atoms with E-state index in [2.05, 4.69) is 15.0 Å². The molecule has 0 aliphatic heterocycles. The third kappa shape index (κ3) is 3.73. The highest BCUT2D eigenvalue weighted by Crippen LogP contribution is 2.32. The van der Waals surface area contributed by atoms with Gasteiger partial charge in [0.15, 0.2) is 17.5 Å². The van der Waals surface area contributed by atoms with E-state index in [1.807, 2.05) is 54.6 Å². The van der Waals surface area contributed by atoms with Gasteiger partial charge in [-0.1, -0.05) is 24.3 Å². The monoisotopic (exact) mass is 385 g/mol. The summed E-state index contributed by atoms with van der Waals surface area (Å²) >= 11 is 0. The molecule has 6 heteroatoms. The van der Waals surface area contributed by atoms with Gasteiger partial charge in [-0.05, 0) is 48.5 Å². The molecule has 6 nitrogen and oxygen atoms in total. The lowest BCUT2D eigenvalue weighted by molar-refractivity contribution is 0.415. The maximum Gasteiger partial charge on any atom is 0.167 e. The zero-order chi connectivity index (χ0) is 20.2. The number of nitrogens with zero attached hydrogens (tertiary/aromatic N) is 3. The molecule has 0 spiro atoms. The fraction of sp³-hybridized carbons (Fsp3) is 0.0870. The average Bonchev–Trinajstić information content (AvgIpc) is 2.79. The Bertz CT molecular complexity index is 1140. The molecule has 1 N–H and O–H groups in total. The zero-order valence-electron chi connectivity index (χ0n) is 16.0. The van der Waals surface area contributed by atoms with Crippen LogP contribution in [0.3, 0.4) is 0 Å². The second-order valence-electron chi connectivity index (χ2n) is 6.25. The number of ether oxygens (including phenoxy) is 2.